The number of ether oxygens (including phenoxy) is 1. The van der Waals surface area contributed by atoms with Crippen LogP contribution >= 0.6 is 0 Å². The fourth-order valence-electron chi connectivity index (χ4n) is 4.05. The van der Waals surface area contributed by atoms with Crippen molar-refractivity contribution in [3.8, 4) is 5.75 Å². The number of aromatic amines is 1. The van der Waals surface area contributed by atoms with Gasteiger partial charge in [-0.3, -0.25) is 9.89 Å². The van der Waals surface area contributed by atoms with Crippen LogP contribution in [-0.4, -0.2) is 58.2 Å². The SMILES string of the molecule is O=C1Nc2[nH]nc(C3CCN(c4ccc(OC(F)F)cn4)CC3)c2[C@@H](C(F)(F)F)[C@H]1O. The van der Waals surface area contributed by atoms with Crippen molar-refractivity contribution in [3.05, 3.63) is 29.6 Å². The monoisotopic (exact) mass is 447 g/mol. The maximum atomic E-state index is 13.6. The first-order chi connectivity index (χ1) is 14.6. The number of carbonyl (C=O) groups is 1. The van der Waals surface area contributed by atoms with Gasteiger partial charge in [-0.15, -0.1) is 0 Å². The predicted molar refractivity (Wildman–Crippen MR) is 97.1 cm³/mol. The van der Waals surface area contributed by atoms with Crippen LogP contribution in [-0.2, 0) is 4.79 Å². The van der Waals surface area contributed by atoms with Crippen LogP contribution in [0.15, 0.2) is 18.3 Å². The number of nitrogens with zero attached hydrogens (tertiary/aromatic N) is 3. The standard InChI is InChI=1S/C18H18F5N5O3/c19-17(20)31-9-1-2-10(24-7-9)28-5-3-8(4-6-28)13-11-12(18(21,22)23)14(29)16(30)25-15(11)27-26-13/h1-2,7-8,12,14,17,29H,3-6H2,(H2,25,26,27,30)/t12-,14-/m1/s1. The molecule has 1 saturated heterocycles. The summed E-state index contributed by atoms with van der Waals surface area (Å²) in [6, 6.07) is 2.89. The molecule has 4 rings (SSSR count). The number of H-pyrrole nitrogens is 1. The van der Waals surface area contributed by atoms with Crippen molar-refractivity contribution < 1.29 is 36.6 Å². The molecule has 0 bridgehead atoms. The number of pyridine rings is 1. The predicted octanol–water partition coefficient (Wildman–Crippen LogP) is 2.75. The first-order valence-corrected chi connectivity index (χ1v) is 9.44. The number of aromatic nitrogens is 3. The average molecular weight is 447 g/mol. The molecule has 2 aromatic rings. The summed E-state index contributed by atoms with van der Waals surface area (Å²) in [7, 11) is 0. The number of halogens is 5. The van der Waals surface area contributed by atoms with Crippen LogP contribution in [0.4, 0.5) is 33.6 Å². The second-order valence-electron chi connectivity index (χ2n) is 7.34. The van der Waals surface area contributed by atoms with E-state index in [1.54, 1.807) is 0 Å². The van der Waals surface area contributed by atoms with Gasteiger partial charge in [0.25, 0.3) is 5.91 Å². The minimum absolute atomic E-state index is 0.0735. The minimum atomic E-state index is -4.82. The summed E-state index contributed by atoms with van der Waals surface area (Å²) in [5, 5.41) is 18.6. The van der Waals surface area contributed by atoms with E-state index in [9.17, 15) is 31.9 Å². The van der Waals surface area contributed by atoms with Crippen molar-refractivity contribution >= 4 is 17.5 Å². The molecule has 2 aromatic heterocycles. The average Bonchev–Trinajstić information content (AvgIpc) is 3.11. The van der Waals surface area contributed by atoms with Gasteiger partial charge < -0.3 is 20.1 Å². The lowest BCUT2D eigenvalue weighted by Crippen LogP contribution is -2.44. The zero-order chi connectivity index (χ0) is 22.3. The van der Waals surface area contributed by atoms with Gasteiger partial charge >= 0.3 is 12.8 Å². The molecule has 8 nitrogen and oxygen atoms in total. The highest BCUT2D eigenvalue weighted by Crippen LogP contribution is 2.47. The molecule has 0 aromatic carbocycles. The quantitative estimate of drug-likeness (QED) is 0.623. The Kier molecular flexibility index (Phi) is 5.45. The Bertz CT molecular complexity index is 941. The van der Waals surface area contributed by atoms with Crippen LogP contribution < -0.4 is 15.0 Å². The molecule has 0 radical (unpaired) electrons. The number of piperidine rings is 1. The highest BCUT2D eigenvalue weighted by atomic mass is 19.4. The largest absolute Gasteiger partial charge is 0.433 e. The van der Waals surface area contributed by atoms with Crippen molar-refractivity contribution in [2.45, 2.75) is 43.6 Å². The number of carbonyl (C=O) groups excluding carboxylic acids is 1. The number of amides is 1. The molecular weight excluding hydrogens is 429 g/mol. The molecule has 31 heavy (non-hydrogen) atoms. The van der Waals surface area contributed by atoms with Gasteiger partial charge in [0.1, 0.15) is 29.4 Å². The zero-order valence-electron chi connectivity index (χ0n) is 15.9. The van der Waals surface area contributed by atoms with Crippen molar-refractivity contribution in [1.82, 2.24) is 15.2 Å². The van der Waals surface area contributed by atoms with Crippen LogP contribution in [0.3, 0.4) is 0 Å². The molecule has 2 atom stereocenters. The zero-order valence-corrected chi connectivity index (χ0v) is 15.9. The number of hydrogen-bond acceptors (Lipinski definition) is 6. The van der Waals surface area contributed by atoms with Crippen molar-refractivity contribution in [1.29, 1.82) is 0 Å². The summed E-state index contributed by atoms with van der Waals surface area (Å²) < 4.78 is 69.6. The molecule has 0 spiro atoms. The second-order valence-corrected chi connectivity index (χ2v) is 7.34. The van der Waals surface area contributed by atoms with Crippen LogP contribution in [0.2, 0.25) is 0 Å². The summed E-state index contributed by atoms with van der Waals surface area (Å²) in [5.41, 5.74) is -0.0608. The molecular formula is C18H18F5N5O3. The Morgan fingerprint density at radius 1 is 1.23 bits per heavy atom. The molecule has 0 aliphatic carbocycles. The van der Waals surface area contributed by atoms with Gasteiger partial charge in [-0.2, -0.15) is 27.1 Å². The van der Waals surface area contributed by atoms with Gasteiger partial charge in [-0.1, -0.05) is 0 Å². The van der Waals surface area contributed by atoms with Crippen LogP contribution in [0.1, 0.15) is 35.9 Å². The van der Waals surface area contributed by atoms with E-state index in [1.165, 1.54) is 18.3 Å². The molecule has 2 aliphatic rings. The number of nitrogens with one attached hydrogen (secondary N) is 2. The topological polar surface area (TPSA) is 103 Å². The Balaban J connectivity index is 1.50. The van der Waals surface area contributed by atoms with Gasteiger partial charge in [-0.05, 0) is 25.0 Å². The van der Waals surface area contributed by atoms with Crippen LogP contribution in [0.5, 0.6) is 5.75 Å². The summed E-state index contributed by atoms with van der Waals surface area (Å²) >= 11 is 0. The molecule has 2 aliphatic heterocycles. The summed E-state index contributed by atoms with van der Waals surface area (Å²) in [4.78, 5) is 17.7. The third kappa shape index (κ3) is 4.13. The Labute approximate surface area is 172 Å². The van der Waals surface area contributed by atoms with Crippen LogP contribution in [0, 0.1) is 0 Å². The molecule has 0 unspecified atom stereocenters. The fraction of sp³-hybridized carbons (Fsp3) is 0.500. The van der Waals surface area contributed by atoms with E-state index in [1.807, 2.05) is 4.90 Å². The number of alkyl halides is 5. The Morgan fingerprint density at radius 2 is 1.94 bits per heavy atom. The molecule has 4 heterocycles. The lowest BCUT2D eigenvalue weighted by Gasteiger charge is -2.34. The second kappa shape index (κ2) is 7.94. The molecule has 168 valence electrons. The highest BCUT2D eigenvalue weighted by molar-refractivity contribution is 5.97. The number of fused-ring (bicyclic) bond motifs is 1. The summed E-state index contributed by atoms with van der Waals surface area (Å²) in [6.45, 7) is -2.06. The number of aliphatic hydroxyl groups excluding tert-OH is 1. The van der Waals surface area contributed by atoms with Gasteiger partial charge in [0, 0.05) is 24.6 Å². The maximum Gasteiger partial charge on any atom is 0.398 e. The van der Waals surface area contributed by atoms with Gasteiger partial charge in [0.2, 0.25) is 0 Å². The normalized spacial score (nSPS) is 22.4. The van der Waals surface area contributed by atoms with Gasteiger partial charge in [0.15, 0.2) is 0 Å². The first kappa shape index (κ1) is 21.3. The Hall–Kier alpha value is -2.96. The summed E-state index contributed by atoms with van der Waals surface area (Å²) in [6.07, 6.45) is -5.00. The van der Waals surface area contributed by atoms with E-state index in [-0.39, 0.29) is 28.7 Å². The Morgan fingerprint density at radius 3 is 2.52 bits per heavy atom. The van der Waals surface area contributed by atoms with Gasteiger partial charge in [-0.25, -0.2) is 4.98 Å². The molecule has 1 fully saturated rings. The summed E-state index contributed by atoms with van der Waals surface area (Å²) in [5.74, 6) is -3.51. The van der Waals surface area contributed by atoms with E-state index < -0.39 is 30.7 Å². The number of anilines is 2. The maximum absolute atomic E-state index is 13.6. The number of rotatable bonds is 4. The third-order valence-electron chi connectivity index (χ3n) is 5.48. The van der Waals surface area contributed by atoms with E-state index in [0.717, 1.165) is 0 Å². The fourth-order valence-corrected chi connectivity index (χ4v) is 4.05. The van der Waals surface area contributed by atoms with E-state index in [4.69, 9.17) is 0 Å². The van der Waals surface area contributed by atoms with Crippen molar-refractivity contribution in [3.63, 3.8) is 0 Å². The number of aliphatic hydroxyl groups is 1. The van der Waals surface area contributed by atoms with E-state index >= 15 is 0 Å². The molecule has 3 N–H and O–H groups in total. The third-order valence-corrected chi connectivity index (χ3v) is 5.48. The smallest absolute Gasteiger partial charge is 0.398 e. The van der Waals surface area contributed by atoms with Crippen LogP contribution in [0.25, 0.3) is 0 Å². The first-order valence-electron chi connectivity index (χ1n) is 9.44. The minimum Gasteiger partial charge on any atom is -0.433 e. The van der Waals surface area contributed by atoms with E-state index in [0.29, 0.717) is 31.7 Å². The molecule has 1 amide bonds. The lowest BCUT2D eigenvalue weighted by molar-refractivity contribution is -0.177. The number of hydrogen-bond donors (Lipinski definition) is 3. The molecule has 0 saturated carbocycles. The van der Waals surface area contributed by atoms with Gasteiger partial charge in [0.05, 0.1) is 11.9 Å². The van der Waals surface area contributed by atoms with Crippen molar-refractivity contribution in [2.75, 3.05) is 23.3 Å². The highest BCUT2D eigenvalue weighted by Gasteiger charge is 2.53. The lowest BCUT2D eigenvalue weighted by atomic mass is 9.83. The van der Waals surface area contributed by atoms with E-state index in [2.05, 4.69) is 25.2 Å². The molecule has 13 heteroatoms. The van der Waals surface area contributed by atoms with Crippen molar-refractivity contribution in [2.24, 2.45) is 0 Å².